The summed E-state index contributed by atoms with van der Waals surface area (Å²) in [7, 11) is 1.61. The molecule has 138 valence electrons. The van der Waals surface area contributed by atoms with Gasteiger partial charge in [-0.1, -0.05) is 0 Å². The van der Waals surface area contributed by atoms with E-state index in [1.807, 2.05) is 26.8 Å². The van der Waals surface area contributed by atoms with Crippen molar-refractivity contribution in [3.63, 3.8) is 0 Å². The summed E-state index contributed by atoms with van der Waals surface area (Å²) in [5, 5.41) is 9.13. The largest absolute Gasteiger partial charge is 0.481 e. The number of rotatable bonds is 5. The van der Waals surface area contributed by atoms with Gasteiger partial charge >= 0.3 is 5.97 Å². The maximum absolute atomic E-state index is 12.7. The number of aliphatic carboxylic acids is 1. The highest BCUT2D eigenvalue weighted by Gasteiger charge is 2.29. The molecule has 2 heterocycles. The molecular weight excluding hydrogens is 322 g/mol. The maximum atomic E-state index is 12.7. The van der Waals surface area contributed by atoms with E-state index < -0.39 is 11.9 Å². The number of piperidine rings is 1. The van der Waals surface area contributed by atoms with Crippen molar-refractivity contribution in [3.8, 4) is 0 Å². The summed E-state index contributed by atoms with van der Waals surface area (Å²) < 4.78 is 2.06. The lowest BCUT2D eigenvalue weighted by molar-refractivity contribution is -0.145. The third kappa shape index (κ3) is 4.03. The van der Waals surface area contributed by atoms with Crippen LogP contribution in [0.15, 0.2) is 6.07 Å². The minimum Gasteiger partial charge on any atom is -0.481 e. The van der Waals surface area contributed by atoms with Gasteiger partial charge in [-0.25, -0.2) is 0 Å². The van der Waals surface area contributed by atoms with Gasteiger partial charge in [0, 0.05) is 38.1 Å². The predicted molar refractivity (Wildman–Crippen MR) is 93.5 cm³/mol. The zero-order valence-electron chi connectivity index (χ0n) is 15.4. The third-order valence-corrected chi connectivity index (χ3v) is 4.96. The first-order valence-corrected chi connectivity index (χ1v) is 8.69. The highest BCUT2D eigenvalue weighted by molar-refractivity contribution is 5.97. The number of carboxylic acid groups (broad SMARTS) is 1. The molecule has 1 aliphatic heterocycles. The SMILES string of the molecule is CCn1c(C)cc(C(=O)N(C)CC(=O)N2CCCC(C(=O)O)C2)c1C. The summed E-state index contributed by atoms with van der Waals surface area (Å²) in [6.45, 7) is 7.41. The van der Waals surface area contributed by atoms with E-state index in [1.165, 1.54) is 4.90 Å². The standard InChI is InChI=1S/C18H27N3O4/c1-5-21-12(2)9-15(13(21)3)17(23)19(4)11-16(22)20-8-6-7-14(10-20)18(24)25/h9,14H,5-8,10-11H2,1-4H3,(H,24,25). The predicted octanol–water partition coefficient (Wildman–Crippen LogP) is 1.52. The molecule has 7 heteroatoms. The highest BCUT2D eigenvalue weighted by atomic mass is 16.4. The zero-order valence-corrected chi connectivity index (χ0v) is 15.4. The molecule has 0 radical (unpaired) electrons. The van der Waals surface area contributed by atoms with Crippen LogP contribution >= 0.6 is 0 Å². The van der Waals surface area contributed by atoms with Crippen LogP contribution in [0.5, 0.6) is 0 Å². The molecule has 1 aromatic rings. The van der Waals surface area contributed by atoms with Crippen LogP contribution in [0.4, 0.5) is 0 Å². The molecule has 2 rings (SSSR count). The van der Waals surface area contributed by atoms with Crippen LogP contribution in [0.1, 0.15) is 41.5 Å². The van der Waals surface area contributed by atoms with Crippen molar-refractivity contribution >= 4 is 17.8 Å². The van der Waals surface area contributed by atoms with E-state index in [1.54, 1.807) is 11.9 Å². The van der Waals surface area contributed by atoms with Crippen LogP contribution in [-0.4, -0.2) is 63.9 Å². The number of nitrogens with zero attached hydrogens (tertiary/aromatic N) is 3. The fraction of sp³-hybridized carbons (Fsp3) is 0.611. The molecule has 0 aliphatic carbocycles. The molecular formula is C18H27N3O4. The van der Waals surface area contributed by atoms with Crippen molar-refractivity contribution in [1.29, 1.82) is 0 Å². The highest BCUT2D eigenvalue weighted by Crippen LogP contribution is 2.19. The first kappa shape index (κ1) is 19.0. The lowest BCUT2D eigenvalue weighted by Crippen LogP contribution is -2.46. The Bertz CT molecular complexity index is 680. The average molecular weight is 349 g/mol. The van der Waals surface area contributed by atoms with Gasteiger partial charge in [0.25, 0.3) is 5.91 Å². The topological polar surface area (TPSA) is 82.9 Å². The summed E-state index contributed by atoms with van der Waals surface area (Å²) in [6, 6.07) is 1.85. The van der Waals surface area contributed by atoms with Crippen molar-refractivity contribution in [2.24, 2.45) is 5.92 Å². The van der Waals surface area contributed by atoms with Crippen LogP contribution in [0.2, 0.25) is 0 Å². The van der Waals surface area contributed by atoms with Crippen molar-refractivity contribution in [1.82, 2.24) is 14.4 Å². The van der Waals surface area contributed by atoms with Crippen LogP contribution in [0, 0.1) is 19.8 Å². The van der Waals surface area contributed by atoms with Crippen LogP contribution < -0.4 is 0 Å². The molecule has 7 nitrogen and oxygen atoms in total. The second kappa shape index (κ2) is 7.72. The summed E-state index contributed by atoms with van der Waals surface area (Å²) in [6.07, 6.45) is 1.27. The van der Waals surface area contributed by atoms with E-state index in [-0.39, 0.29) is 24.9 Å². The first-order valence-electron chi connectivity index (χ1n) is 8.69. The lowest BCUT2D eigenvalue weighted by Gasteiger charge is -2.32. The third-order valence-electron chi connectivity index (χ3n) is 4.96. The monoisotopic (exact) mass is 349 g/mol. The molecule has 1 saturated heterocycles. The average Bonchev–Trinajstić information content (AvgIpc) is 2.87. The number of hydrogen-bond acceptors (Lipinski definition) is 3. The number of carbonyl (C=O) groups excluding carboxylic acids is 2. The van der Waals surface area contributed by atoms with Gasteiger partial charge in [-0.2, -0.15) is 0 Å². The maximum Gasteiger partial charge on any atom is 0.308 e. The summed E-state index contributed by atoms with van der Waals surface area (Å²) >= 11 is 0. The Kier molecular flexibility index (Phi) is 5.87. The number of likely N-dealkylation sites (tertiary alicyclic amines) is 1. The normalized spacial score (nSPS) is 17.4. The van der Waals surface area contributed by atoms with E-state index in [9.17, 15) is 14.4 Å². The van der Waals surface area contributed by atoms with Gasteiger partial charge in [0.1, 0.15) is 0 Å². The molecule has 1 aromatic heterocycles. The van der Waals surface area contributed by atoms with Crippen molar-refractivity contribution in [2.45, 2.75) is 40.2 Å². The minimum atomic E-state index is -0.867. The van der Waals surface area contributed by atoms with Crippen LogP contribution in [0.25, 0.3) is 0 Å². The summed E-state index contributed by atoms with van der Waals surface area (Å²) in [4.78, 5) is 39.2. The smallest absolute Gasteiger partial charge is 0.308 e. The minimum absolute atomic E-state index is 0.0407. The molecule has 25 heavy (non-hydrogen) atoms. The molecule has 1 N–H and O–H groups in total. The van der Waals surface area contributed by atoms with E-state index in [0.29, 0.717) is 24.9 Å². The van der Waals surface area contributed by atoms with Crippen molar-refractivity contribution in [3.05, 3.63) is 23.0 Å². The zero-order chi connectivity index (χ0) is 18.7. The fourth-order valence-electron chi connectivity index (χ4n) is 3.49. The number of carboxylic acids is 1. The van der Waals surface area contributed by atoms with Gasteiger partial charge in [-0.3, -0.25) is 14.4 Å². The molecule has 0 spiro atoms. The molecule has 1 aliphatic rings. The molecule has 2 amide bonds. The Morgan fingerprint density at radius 3 is 2.56 bits per heavy atom. The van der Waals surface area contributed by atoms with Gasteiger partial charge in [-0.05, 0) is 39.7 Å². The molecule has 0 saturated carbocycles. The first-order chi connectivity index (χ1) is 11.8. The van der Waals surface area contributed by atoms with E-state index in [4.69, 9.17) is 5.11 Å². The molecule has 1 atom stereocenters. The Hall–Kier alpha value is -2.31. The summed E-state index contributed by atoms with van der Waals surface area (Å²) in [5.41, 5.74) is 2.52. The number of carbonyl (C=O) groups is 3. The van der Waals surface area contributed by atoms with E-state index in [0.717, 1.165) is 17.9 Å². The van der Waals surface area contributed by atoms with Gasteiger partial charge in [0.2, 0.25) is 5.91 Å². The number of amides is 2. The Morgan fingerprint density at radius 1 is 1.32 bits per heavy atom. The van der Waals surface area contributed by atoms with Gasteiger partial charge in [-0.15, -0.1) is 0 Å². The van der Waals surface area contributed by atoms with E-state index in [2.05, 4.69) is 4.57 Å². The van der Waals surface area contributed by atoms with Crippen LogP contribution in [0.3, 0.4) is 0 Å². The van der Waals surface area contributed by atoms with Crippen molar-refractivity contribution in [2.75, 3.05) is 26.7 Å². The summed E-state index contributed by atoms with van der Waals surface area (Å²) in [5.74, 6) is -1.77. The Balaban J connectivity index is 2.03. The Morgan fingerprint density at radius 2 is 2.00 bits per heavy atom. The second-order valence-corrected chi connectivity index (χ2v) is 6.71. The fourth-order valence-corrected chi connectivity index (χ4v) is 3.49. The van der Waals surface area contributed by atoms with Gasteiger partial charge in [0.15, 0.2) is 0 Å². The lowest BCUT2D eigenvalue weighted by atomic mass is 9.98. The number of aromatic nitrogens is 1. The van der Waals surface area contributed by atoms with E-state index >= 15 is 0 Å². The molecule has 1 fully saturated rings. The second-order valence-electron chi connectivity index (χ2n) is 6.71. The molecule has 0 aromatic carbocycles. The number of likely N-dealkylation sites (N-methyl/N-ethyl adjacent to an activating group) is 1. The Labute approximate surface area is 148 Å². The van der Waals surface area contributed by atoms with Gasteiger partial charge < -0.3 is 19.5 Å². The van der Waals surface area contributed by atoms with Crippen molar-refractivity contribution < 1.29 is 19.5 Å². The van der Waals surface area contributed by atoms with Crippen LogP contribution in [-0.2, 0) is 16.1 Å². The number of aryl methyl sites for hydroxylation is 1. The quantitative estimate of drug-likeness (QED) is 0.874. The molecule has 1 unspecified atom stereocenters. The number of hydrogen-bond donors (Lipinski definition) is 1. The molecule has 0 bridgehead atoms. The van der Waals surface area contributed by atoms with Gasteiger partial charge in [0.05, 0.1) is 18.0 Å².